The van der Waals surface area contributed by atoms with E-state index in [1.807, 2.05) is 0 Å². The summed E-state index contributed by atoms with van der Waals surface area (Å²) < 4.78 is 39.8. The lowest BCUT2D eigenvalue weighted by Crippen LogP contribution is -2.31. The lowest BCUT2D eigenvalue weighted by molar-refractivity contribution is 0.151. The predicted molar refractivity (Wildman–Crippen MR) is 112 cm³/mol. The lowest BCUT2D eigenvalue weighted by atomic mass is 10.1. The largest absolute Gasteiger partial charge is 0.433 e. The van der Waals surface area contributed by atoms with Crippen molar-refractivity contribution in [2.45, 2.75) is 24.8 Å². The fourth-order valence-corrected chi connectivity index (χ4v) is 4.87. The van der Waals surface area contributed by atoms with Crippen molar-refractivity contribution in [3.05, 3.63) is 46.6 Å². The summed E-state index contributed by atoms with van der Waals surface area (Å²) in [6.45, 7) is 3.38. The number of amides is 1. The number of carbonyl (C=O) groups excluding carboxylic acids is 1. The molecule has 0 saturated heterocycles. The van der Waals surface area contributed by atoms with Crippen molar-refractivity contribution in [3.63, 3.8) is 0 Å². The van der Waals surface area contributed by atoms with E-state index in [9.17, 15) is 22.7 Å². The molecule has 0 saturated carbocycles. The van der Waals surface area contributed by atoms with Crippen molar-refractivity contribution in [1.82, 2.24) is 9.62 Å². The highest BCUT2D eigenvalue weighted by atomic mass is 32.2. The first-order valence-electron chi connectivity index (χ1n) is 8.85. The normalized spacial score (nSPS) is 13.3. The van der Waals surface area contributed by atoms with Crippen LogP contribution in [0.1, 0.15) is 30.4 Å². The minimum Gasteiger partial charge on any atom is -0.389 e. The molecule has 9 nitrogen and oxygen atoms in total. The van der Waals surface area contributed by atoms with Gasteiger partial charge in [0, 0.05) is 20.1 Å². The number of benzene rings is 1. The van der Waals surface area contributed by atoms with Crippen LogP contribution in [-0.4, -0.2) is 49.8 Å². The van der Waals surface area contributed by atoms with Gasteiger partial charge in [-0.05, 0) is 37.6 Å². The topological polar surface area (TPSA) is 134 Å². The number of aliphatic hydroxyl groups is 1. The summed E-state index contributed by atoms with van der Waals surface area (Å²) in [5.74, 6) is -0.460. The number of thiophene rings is 1. The summed E-state index contributed by atoms with van der Waals surface area (Å²) >= 11 is 0.974. The Morgan fingerprint density at radius 2 is 2.03 bits per heavy atom. The van der Waals surface area contributed by atoms with E-state index in [0.717, 1.165) is 15.6 Å². The van der Waals surface area contributed by atoms with E-state index >= 15 is 0 Å². The maximum absolute atomic E-state index is 13.0. The van der Waals surface area contributed by atoms with E-state index in [2.05, 4.69) is 15.3 Å². The van der Waals surface area contributed by atoms with Gasteiger partial charge in [-0.25, -0.2) is 17.6 Å². The monoisotopic (exact) mass is 458 g/mol. The zero-order chi connectivity index (χ0) is 22.5. The second kappa shape index (κ2) is 9.98. The molecule has 0 aliphatic carbocycles. The van der Waals surface area contributed by atoms with E-state index in [-0.39, 0.29) is 22.2 Å². The number of aliphatic hydroxyl groups excluding tert-OH is 1. The number of anilines is 1. The SMILES string of the molecule is CCNC(=O)ON=C(C)c1cc(S(=O)(=O)N(C)CC(O)c2ccc(F)cc2)c(N)s1. The van der Waals surface area contributed by atoms with Gasteiger partial charge in [0.25, 0.3) is 0 Å². The summed E-state index contributed by atoms with van der Waals surface area (Å²) in [6, 6.07) is 6.45. The number of nitrogens with two attached hydrogens (primary N) is 1. The maximum Gasteiger partial charge on any atom is 0.433 e. The number of sulfonamides is 1. The first-order valence-corrected chi connectivity index (χ1v) is 11.1. The molecule has 2 aromatic rings. The first kappa shape index (κ1) is 23.7. The molecule has 2 rings (SSSR count). The third-order valence-electron chi connectivity index (χ3n) is 4.04. The Labute approximate surface area is 178 Å². The van der Waals surface area contributed by atoms with Gasteiger partial charge < -0.3 is 16.2 Å². The smallest absolute Gasteiger partial charge is 0.389 e. The van der Waals surface area contributed by atoms with Gasteiger partial charge in [0.15, 0.2) is 0 Å². The van der Waals surface area contributed by atoms with Crippen molar-refractivity contribution in [3.8, 4) is 0 Å². The molecule has 1 atom stereocenters. The third-order valence-corrected chi connectivity index (χ3v) is 7.11. The van der Waals surface area contributed by atoms with Crippen LogP contribution in [0.3, 0.4) is 0 Å². The molecule has 1 aromatic carbocycles. The van der Waals surface area contributed by atoms with E-state index in [4.69, 9.17) is 5.73 Å². The van der Waals surface area contributed by atoms with Crippen molar-refractivity contribution in [2.75, 3.05) is 25.9 Å². The molecule has 12 heteroatoms. The highest BCUT2D eigenvalue weighted by Gasteiger charge is 2.28. The number of nitrogens with one attached hydrogen (secondary N) is 1. The van der Waals surface area contributed by atoms with Crippen molar-refractivity contribution >= 4 is 38.2 Å². The van der Waals surface area contributed by atoms with Crippen LogP contribution in [0.5, 0.6) is 0 Å². The van der Waals surface area contributed by atoms with Gasteiger partial charge >= 0.3 is 6.09 Å². The van der Waals surface area contributed by atoms with Crippen LogP contribution in [0.15, 0.2) is 40.4 Å². The molecule has 0 aliphatic heterocycles. The number of halogens is 1. The van der Waals surface area contributed by atoms with Gasteiger partial charge in [-0.1, -0.05) is 17.3 Å². The summed E-state index contributed by atoms with van der Waals surface area (Å²) in [6.07, 6.45) is -1.89. The summed E-state index contributed by atoms with van der Waals surface area (Å²) in [4.78, 5) is 16.3. The van der Waals surface area contributed by atoms with Crippen LogP contribution in [0.2, 0.25) is 0 Å². The zero-order valence-electron chi connectivity index (χ0n) is 16.6. The van der Waals surface area contributed by atoms with E-state index in [1.165, 1.54) is 37.4 Å². The quantitative estimate of drug-likeness (QED) is 0.316. The molecule has 0 bridgehead atoms. The molecule has 1 amide bonds. The number of nitrogens with zero attached hydrogens (tertiary/aromatic N) is 2. The van der Waals surface area contributed by atoms with Gasteiger partial charge in [-0.2, -0.15) is 4.31 Å². The Kier molecular flexibility index (Phi) is 7.89. The van der Waals surface area contributed by atoms with Crippen LogP contribution in [-0.2, 0) is 14.9 Å². The highest BCUT2D eigenvalue weighted by Crippen LogP contribution is 2.32. The predicted octanol–water partition coefficient (Wildman–Crippen LogP) is 2.29. The van der Waals surface area contributed by atoms with E-state index < -0.39 is 28.0 Å². The highest BCUT2D eigenvalue weighted by molar-refractivity contribution is 7.89. The molecule has 0 radical (unpaired) electrons. The second-order valence-corrected chi connectivity index (χ2v) is 9.37. The second-order valence-electron chi connectivity index (χ2n) is 6.28. The van der Waals surface area contributed by atoms with E-state index in [0.29, 0.717) is 17.0 Å². The minimum absolute atomic E-state index is 0.0284. The van der Waals surface area contributed by atoms with Crippen LogP contribution >= 0.6 is 11.3 Å². The van der Waals surface area contributed by atoms with Gasteiger partial charge in [-0.3, -0.25) is 4.84 Å². The Morgan fingerprint density at radius 3 is 2.63 bits per heavy atom. The molecule has 30 heavy (non-hydrogen) atoms. The van der Waals surface area contributed by atoms with Gasteiger partial charge in [0.1, 0.15) is 15.7 Å². The van der Waals surface area contributed by atoms with Crippen LogP contribution in [0.25, 0.3) is 0 Å². The molecule has 0 spiro atoms. The average molecular weight is 459 g/mol. The van der Waals surface area contributed by atoms with Crippen molar-refractivity contribution in [2.24, 2.45) is 5.16 Å². The number of carbonyl (C=O) groups is 1. The fourth-order valence-electron chi connectivity index (χ4n) is 2.40. The Bertz CT molecular complexity index is 1020. The first-order chi connectivity index (χ1) is 14.1. The maximum atomic E-state index is 13.0. The number of oxime groups is 1. The number of hydrogen-bond acceptors (Lipinski definition) is 8. The minimum atomic E-state index is -4.02. The van der Waals surface area contributed by atoms with Gasteiger partial charge in [0.05, 0.1) is 16.7 Å². The molecular weight excluding hydrogens is 435 g/mol. The van der Waals surface area contributed by atoms with Crippen molar-refractivity contribution in [1.29, 1.82) is 0 Å². The van der Waals surface area contributed by atoms with Crippen molar-refractivity contribution < 1.29 is 27.5 Å². The molecular formula is C18H23FN4O5S2. The molecule has 1 unspecified atom stereocenters. The van der Waals surface area contributed by atoms with E-state index in [1.54, 1.807) is 13.8 Å². The Balaban J connectivity index is 2.18. The van der Waals surface area contributed by atoms with Crippen LogP contribution < -0.4 is 11.1 Å². The molecule has 164 valence electrons. The molecule has 0 fully saturated rings. The number of rotatable bonds is 8. The van der Waals surface area contributed by atoms with Gasteiger partial charge in [-0.15, -0.1) is 11.3 Å². The van der Waals surface area contributed by atoms with Gasteiger partial charge in [0.2, 0.25) is 10.0 Å². The fraction of sp³-hybridized carbons (Fsp3) is 0.333. The third kappa shape index (κ3) is 5.75. The summed E-state index contributed by atoms with van der Waals surface area (Å²) in [7, 11) is -2.72. The molecule has 1 heterocycles. The van der Waals surface area contributed by atoms with Crippen LogP contribution in [0.4, 0.5) is 14.2 Å². The summed E-state index contributed by atoms with van der Waals surface area (Å²) in [5.41, 5.74) is 6.55. The standard InChI is InChI=1S/C18H23FN4O5S2/c1-4-21-18(25)28-22-11(2)15-9-16(17(20)29-15)30(26,27)23(3)10-14(24)12-5-7-13(19)8-6-12/h5-9,14,24H,4,10,20H2,1-3H3,(H,21,25). The molecule has 1 aromatic heterocycles. The lowest BCUT2D eigenvalue weighted by Gasteiger charge is -2.20. The van der Waals surface area contributed by atoms with Crippen LogP contribution in [0, 0.1) is 5.82 Å². The Hall–Kier alpha value is -2.54. The summed E-state index contributed by atoms with van der Waals surface area (Å²) in [5, 5.41) is 16.4. The molecule has 0 aliphatic rings. The Morgan fingerprint density at radius 1 is 1.40 bits per heavy atom. The zero-order valence-corrected chi connectivity index (χ0v) is 18.3. The average Bonchev–Trinajstić information content (AvgIpc) is 3.09. The number of likely N-dealkylation sites (N-methyl/N-ethyl adjacent to an activating group) is 1. The number of nitrogen functional groups attached to an aromatic ring is 1. The molecule has 4 N–H and O–H groups in total. The number of hydrogen-bond donors (Lipinski definition) is 3.